The molecule has 4 aliphatic rings. The molecule has 4 aliphatic carbocycles. The molecule has 4 fully saturated rings. The molecule has 2 unspecified atom stereocenters. The van der Waals surface area contributed by atoms with Crippen molar-refractivity contribution in [1.29, 1.82) is 0 Å². The monoisotopic (exact) mass is 411 g/mol. The zero-order valence-corrected chi connectivity index (χ0v) is 17.7. The average Bonchev–Trinajstić information content (AvgIpc) is 3.05. The van der Waals surface area contributed by atoms with Crippen molar-refractivity contribution in [3.63, 3.8) is 0 Å². The number of hydrogen-bond acceptors (Lipinski definition) is 5. The Balaban J connectivity index is 1.21. The summed E-state index contributed by atoms with van der Waals surface area (Å²) in [4.78, 5) is 18.3. The number of carbonyl (C=O) groups excluding carboxylic acids is 1. The molecule has 4 bridgehead atoms. The van der Waals surface area contributed by atoms with Crippen LogP contribution in [-0.2, 0) is 6.42 Å². The van der Waals surface area contributed by atoms with E-state index < -0.39 is 5.60 Å². The molecule has 4 saturated carbocycles. The van der Waals surface area contributed by atoms with Crippen molar-refractivity contribution in [2.75, 3.05) is 11.9 Å². The number of amides is 1. The number of rotatable bonds is 6. The number of nitrogens with one attached hydrogen (secondary N) is 2. The third kappa shape index (κ3) is 3.80. The van der Waals surface area contributed by atoms with Gasteiger partial charge in [0.15, 0.2) is 5.13 Å². The van der Waals surface area contributed by atoms with Crippen LogP contribution in [0.25, 0.3) is 0 Å². The van der Waals surface area contributed by atoms with E-state index >= 15 is 0 Å². The highest BCUT2D eigenvalue weighted by Gasteiger charge is 2.55. The van der Waals surface area contributed by atoms with Crippen LogP contribution in [0, 0.1) is 24.7 Å². The van der Waals surface area contributed by atoms with E-state index in [4.69, 9.17) is 0 Å². The first-order chi connectivity index (χ1) is 14.0. The predicted molar refractivity (Wildman–Crippen MR) is 115 cm³/mol. The number of aliphatic hydroxyl groups is 1. The Bertz CT molecular complexity index is 881. The Morgan fingerprint density at radius 2 is 1.93 bits per heavy atom. The fourth-order valence-corrected chi connectivity index (χ4v) is 6.97. The summed E-state index contributed by atoms with van der Waals surface area (Å²) in [6.07, 6.45) is 5.89. The molecule has 1 amide bonds. The van der Waals surface area contributed by atoms with Crippen LogP contribution in [0.4, 0.5) is 5.13 Å². The van der Waals surface area contributed by atoms with E-state index in [9.17, 15) is 9.90 Å². The van der Waals surface area contributed by atoms with Crippen LogP contribution >= 0.6 is 11.3 Å². The van der Waals surface area contributed by atoms with Crippen LogP contribution in [0.1, 0.15) is 53.0 Å². The Hall–Kier alpha value is -1.92. The number of thiazole rings is 1. The fourth-order valence-electron chi connectivity index (χ4n) is 6.08. The van der Waals surface area contributed by atoms with E-state index in [1.165, 1.54) is 16.9 Å². The maximum Gasteiger partial charge on any atom is 0.263 e. The van der Waals surface area contributed by atoms with E-state index in [2.05, 4.69) is 27.8 Å². The molecular formula is C23H29N3O2S. The third-order valence-corrected chi connectivity index (χ3v) is 8.19. The van der Waals surface area contributed by atoms with Crippen molar-refractivity contribution >= 4 is 22.4 Å². The largest absolute Gasteiger partial charge is 0.390 e. The molecule has 5 nitrogen and oxygen atoms in total. The zero-order chi connectivity index (χ0) is 20.0. The molecule has 6 heteroatoms. The maximum absolute atomic E-state index is 13.0. The second-order valence-electron chi connectivity index (χ2n) is 9.29. The summed E-state index contributed by atoms with van der Waals surface area (Å²) >= 11 is 1.44. The molecule has 29 heavy (non-hydrogen) atoms. The molecule has 3 N–H and O–H groups in total. The SMILES string of the molecule is Cc1nc(NCCc2ccccc2)sc1C(=O)N[C@H]1C2CC3CC1C[C@](O)(C3)C2. The van der Waals surface area contributed by atoms with Gasteiger partial charge in [-0.3, -0.25) is 4.79 Å². The molecule has 1 heterocycles. The lowest BCUT2D eigenvalue weighted by Gasteiger charge is -2.58. The van der Waals surface area contributed by atoms with Gasteiger partial charge in [-0.2, -0.15) is 0 Å². The van der Waals surface area contributed by atoms with Crippen LogP contribution < -0.4 is 10.6 Å². The quantitative estimate of drug-likeness (QED) is 0.676. The molecule has 0 aliphatic heterocycles. The van der Waals surface area contributed by atoms with Crippen molar-refractivity contribution in [1.82, 2.24) is 10.3 Å². The van der Waals surface area contributed by atoms with Crippen molar-refractivity contribution in [2.45, 2.75) is 57.1 Å². The standard InChI is InChI=1S/C23H29N3O2S/c1-14-20(29-22(25-14)24-8-7-15-5-3-2-4-6-15)21(27)26-19-17-9-16-10-18(19)13-23(28,11-16)12-17/h2-6,16-19,28H,7-13H2,1H3,(H,24,25)(H,26,27)/t16?,17?,18?,19-,23-. The first kappa shape index (κ1) is 19.1. The lowest BCUT2D eigenvalue weighted by Crippen LogP contribution is -2.61. The van der Waals surface area contributed by atoms with Gasteiger partial charge in [0.1, 0.15) is 4.88 Å². The number of nitrogens with zero attached hydrogens (tertiary/aromatic N) is 1. The minimum atomic E-state index is -0.464. The molecule has 1 aromatic carbocycles. The first-order valence-corrected chi connectivity index (χ1v) is 11.6. The van der Waals surface area contributed by atoms with Gasteiger partial charge >= 0.3 is 0 Å². The van der Waals surface area contributed by atoms with E-state index in [-0.39, 0.29) is 11.9 Å². The fraction of sp³-hybridized carbons (Fsp3) is 0.565. The van der Waals surface area contributed by atoms with E-state index in [1.807, 2.05) is 25.1 Å². The minimum Gasteiger partial charge on any atom is -0.390 e. The number of hydrogen-bond donors (Lipinski definition) is 3. The summed E-state index contributed by atoms with van der Waals surface area (Å²) in [7, 11) is 0. The molecular weight excluding hydrogens is 382 g/mol. The Morgan fingerprint density at radius 3 is 2.62 bits per heavy atom. The van der Waals surface area contributed by atoms with Crippen LogP contribution in [0.2, 0.25) is 0 Å². The summed E-state index contributed by atoms with van der Waals surface area (Å²) in [5.74, 6) is 1.50. The topological polar surface area (TPSA) is 74.2 Å². The van der Waals surface area contributed by atoms with Gasteiger partial charge in [0, 0.05) is 12.6 Å². The van der Waals surface area contributed by atoms with E-state index in [1.54, 1.807) is 0 Å². The smallest absolute Gasteiger partial charge is 0.263 e. The molecule has 0 radical (unpaired) electrons. The molecule has 1 aromatic heterocycles. The Kier molecular flexibility index (Phi) is 4.87. The second-order valence-corrected chi connectivity index (χ2v) is 10.3. The maximum atomic E-state index is 13.0. The van der Waals surface area contributed by atoms with Gasteiger partial charge < -0.3 is 15.7 Å². The lowest BCUT2D eigenvalue weighted by molar-refractivity contribution is -0.136. The van der Waals surface area contributed by atoms with Crippen molar-refractivity contribution in [3.05, 3.63) is 46.5 Å². The Labute approximate surface area is 175 Å². The van der Waals surface area contributed by atoms with Crippen molar-refractivity contribution < 1.29 is 9.90 Å². The number of anilines is 1. The molecule has 2 atom stereocenters. The van der Waals surface area contributed by atoms with Gasteiger partial charge in [-0.1, -0.05) is 41.7 Å². The molecule has 2 aromatic rings. The Morgan fingerprint density at radius 1 is 1.21 bits per heavy atom. The third-order valence-electron chi connectivity index (χ3n) is 7.07. The first-order valence-electron chi connectivity index (χ1n) is 10.8. The molecule has 0 spiro atoms. The summed E-state index contributed by atoms with van der Waals surface area (Å²) in [6.45, 7) is 2.71. The summed E-state index contributed by atoms with van der Waals surface area (Å²) in [6, 6.07) is 10.6. The zero-order valence-electron chi connectivity index (χ0n) is 16.9. The van der Waals surface area contributed by atoms with Crippen molar-refractivity contribution in [3.8, 4) is 0 Å². The van der Waals surface area contributed by atoms with Gasteiger partial charge in [-0.15, -0.1) is 0 Å². The number of aromatic nitrogens is 1. The van der Waals surface area contributed by atoms with Crippen LogP contribution in [-0.4, -0.2) is 34.2 Å². The number of aryl methyl sites for hydroxylation is 1. The van der Waals surface area contributed by atoms with Gasteiger partial charge in [-0.05, 0) is 68.8 Å². The van der Waals surface area contributed by atoms with Crippen LogP contribution in [0.5, 0.6) is 0 Å². The second kappa shape index (κ2) is 7.40. The van der Waals surface area contributed by atoms with Crippen LogP contribution in [0.15, 0.2) is 30.3 Å². The van der Waals surface area contributed by atoms with Gasteiger partial charge in [0.05, 0.1) is 11.3 Å². The average molecular weight is 412 g/mol. The predicted octanol–water partition coefficient (Wildman–Crippen LogP) is 3.78. The lowest BCUT2D eigenvalue weighted by atomic mass is 9.52. The number of carbonyl (C=O) groups is 1. The van der Waals surface area contributed by atoms with Gasteiger partial charge in [0.25, 0.3) is 5.91 Å². The molecule has 0 saturated heterocycles. The van der Waals surface area contributed by atoms with Crippen molar-refractivity contribution in [2.24, 2.45) is 17.8 Å². The summed E-state index contributed by atoms with van der Waals surface area (Å²) in [5.41, 5.74) is 1.61. The van der Waals surface area contributed by atoms with Gasteiger partial charge in [-0.25, -0.2) is 4.98 Å². The minimum absolute atomic E-state index is 0.000530. The molecule has 6 rings (SSSR count). The number of benzene rings is 1. The molecule has 154 valence electrons. The normalized spacial score (nSPS) is 32.3. The highest BCUT2D eigenvalue weighted by Crippen LogP contribution is 2.55. The van der Waals surface area contributed by atoms with Gasteiger partial charge in [0.2, 0.25) is 0 Å². The van der Waals surface area contributed by atoms with E-state index in [0.717, 1.165) is 55.9 Å². The van der Waals surface area contributed by atoms with Crippen LogP contribution in [0.3, 0.4) is 0 Å². The summed E-state index contributed by atoms with van der Waals surface area (Å²) in [5, 5.41) is 18.3. The summed E-state index contributed by atoms with van der Waals surface area (Å²) < 4.78 is 0. The van der Waals surface area contributed by atoms with E-state index in [0.29, 0.717) is 22.6 Å². The highest BCUT2D eigenvalue weighted by molar-refractivity contribution is 7.17. The highest BCUT2D eigenvalue weighted by atomic mass is 32.1.